The van der Waals surface area contributed by atoms with Crippen LogP contribution in [0, 0.1) is 12.8 Å². The molecule has 0 saturated carbocycles. The Morgan fingerprint density at radius 3 is 2.36 bits per heavy atom. The van der Waals surface area contributed by atoms with Gasteiger partial charge in [0.2, 0.25) is 0 Å². The quantitative estimate of drug-likeness (QED) is 0.762. The molecule has 1 atom stereocenters. The van der Waals surface area contributed by atoms with E-state index in [2.05, 4.69) is 5.32 Å². The number of aliphatic carboxylic acids is 1. The van der Waals surface area contributed by atoms with Crippen LogP contribution in [0.4, 0.5) is 5.69 Å². The zero-order valence-corrected chi connectivity index (χ0v) is 12.8. The fourth-order valence-corrected chi connectivity index (χ4v) is 2.17. The second-order valence-electron chi connectivity index (χ2n) is 5.61. The lowest BCUT2D eigenvalue weighted by molar-refractivity contribution is -0.141. The Kier molecular flexibility index (Phi) is 5.04. The van der Waals surface area contributed by atoms with E-state index >= 15 is 0 Å². The van der Waals surface area contributed by atoms with E-state index in [0.29, 0.717) is 18.7 Å². The smallest absolute Gasteiger partial charge is 0.306 e. The summed E-state index contributed by atoms with van der Waals surface area (Å²) in [5.74, 6) is -0.854. The van der Waals surface area contributed by atoms with Crippen molar-refractivity contribution in [2.24, 2.45) is 5.92 Å². The lowest BCUT2D eigenvalue weighted by atomic mass is 10.0. The average molecular weight is 299 g/mol. The Labute approximate surface area is 130 Å². The second kappa shape index (κ2) is 6.98. The fourth-order valence-electron chi connectivity index (χ4n) is 2.17. The van der Waals surface area contributed by atoms with Crippen LogP contribution in [-0.4, -0.2) is 16.2 Å². The van der Waals surface area contributed by atoms with Gasteiger partial charge in [0.1, 0.15) is 5.75 Å². The maximum atomic E-state index is 10.8. The van der Waals surface area contributed by atoms with E-state index in [4.69, 9.17) is 5.11 Å². The zero-order valence-electron chi connectivity index (χ0n) is 12.8. The third-order valence-electron chi connectivity index (χ3n) is 3.69. The zero-order chi connectivity index (χ0) is 16.1. The summed E-state index contributed by atoms with van der Waals surface area (Å²) in [4.78, 5) is 10.8. The number of hydrogen-bond donors (Lipinski definition) is 3. The lowest BCUT2D eigenvalue weighted by Gasteiger charge is -2.10. The van der Waals surface area contributed by atoms with Gasteiger partial charge in [-0.3, -0.25) is 4.79 Å². The average Bonchev–Trinajstić information content (AvgIpc) is 2.49. The number of phenolic OH excluding ortho intramolecular Hbond substituents is 1. The van der Waals surface area contributed by atoms with Gasteiger partial charge in [-0.15, -0.1) is 0 Å². The van der Waals surface area contributed by atoms with Crippen molar-refractivity contribution >= 4 is 11.7 Å². The predicted octanol–water partition coefficient (Wildman–Crippen LogP) is 3.58. The van der Waals surface area contributed by atoms with Crippen molar-refractivity contribution in [3.8, 4) is 5.75 Å². The van der Waals surface area contributed by atoms with Gasteiger partial charge in [0.05, 0.1) is 5.92 Å². The van der Waals surface area contributed by atoms with Crippen LogP contribution in [0.2, 0.25) is 0 Å². The number of aromatic hydroxyl groups is 1. The summed E-state index contributed by atoms with van der Waals surface area (Å²) in [5.41, 5.74) is 3.84. The molecule has 22 heavy (non-hydrogen) atoms. The van der Waals surface area contributed by atoms with Crippen molar-refractivity contribution in [1.82, 2.24) is 0 Å². The summed E-state index contributed by atoms with van der Waals surface area (Å²) in [6.45, 7) is 4.19. The number of benzene rings is 2. The molecule has 0 aromatic heterocycles. The number of phenols is 1. The van der Waals surface area contributed by atoms with Gasteiger partial charge in [-0.1, -0.05) is 31.2 Å². The summed E-state index contributed by atoms with van der Waals surface area (Å²) in [7, 11) is 0. The van der Waals surface area contributed by atoms with Crippen LogP contribution in [-0.2, 0) is 17.8 Å². The minimum absolute atomic E-state index is 0.303. The molecule has 0 aliphatic rings. The molecule has 0 radical (unpaired) electrons. The number of rotatable bonds is 6. The molecule has 4 heteroatoms. The highest BCUT2D eigenvalue weighted by Gasteiger charge is 2.11. The number of hydrogen-bond acceptors (Lipinski definition) is 3. The number of carboxylic acid groups (broad SMARTS) is 1. The molecule has 0 saturated heterocycles. The van der Waals surface area contributed by atoms with Gasteiger partial charge in [-0.2, -0.15) is 0 Å². The predicted molar refractivity (Wildman–Crippen MR) is 87.1 cm³/mol. The second-order valence-corrected chi connectivity index (χ2v) is 5.61. The molecular formula is C18H21NO3. The summed E-state index contributed by atoms with van der Waals surface area (Å²) in [6.07, 6.45) is 0.529. The summed E-state index contributed by atoms with van der Waals surface area (Å²) >= 11 is 0. The normalized spacial score (nSPS) is 11.9. The molecule has 0 aliphatic heterocycles. The van der Waals surface area contributed by atoms with Crippen LogP contribution in [0.25, 0.3) is 0 Å². The molecule has 0 amide bonds. The van der Waals surface area contributed by atoms with Crippen molar-refractivity contribution in [3.63, 3.8) is 0 Å². The number of carbonyl (C=O) groups is 1. The molecule has 0 fully saturated rings. The highest BCUT2D eigenvalue weighted by Crippen LogP contribution is 2.19. The van der Waals surface area contributed by atoms with Crippen LogP contribution < -0.4 is 5.32 Å². The van der Waals surface area contributed by atoms with Gasteiger partial charge in [-0.25, -0.2) is 0 Å². The van der Waals surface area contributed by atoms with E-state index in [-0.39, 0.29) is 5.92 Å². The van der Waals surface area contributed by atoms with E-state index < -0.39 is 5.97 Å². The molecule has 1 unspecified atom stereocenters. The first-order valence-electron chi connectivity index (χ1n) is 7.30. The first-order valence-corrected chi connectivity index (χ1v) is 7.30. The Balaban J connectivity index is 1.93. The van der Waals surface area contributed by atoms with Crippen LogP contribution in [0.15, 0.2) is 42.5 Å². The number of anilines is 1. The Morgan fingerprint density at radius 1 is 1.14 bits per heavy atom. The Morgan fingerprint density at radius 2 is 1.77 bits per heavy atom. The summed E-state index contributed by atoms with van der Waals surface area (Å²) in [5, 5.41) is 21.9. The molecule has 3 N–H and O–H groups in total. The SMILES string of the molecule is Cc1ccc(CNc2ccc(CC(C)C(=O)O)cc2)cc1O. The standard InChI is InChI=1S/C18H21NO3/c1-12-3-4-15(10-17(12)20)11-19-16-7-5-14(6-8-16)9-13(2)18(21)22/h3-8,10,13,19-20H,9,11H2,1-2H3,(H,21,22). The monoisotopic (exact) mass is 299 g/mol. The van der Waals surface area contributed by atoms with Gasteiger partial charge in [0.15, 0.2) is 0 Å². The van der Waals surface area contributed by atoms with Gasteiger partial charge >= 0.3 is 5.97 Å². The minimum Gasteiger partial charge on any atom is -0.508 e. The highest BCUT2D eigenvalue weighted by atomic mass is 16.4. The largest absolute Gasteiger partial charge is 0.508 e. The number of carboxylic acids is 1. The lowest BCUT2D eigenvalue weighted by Crippen LogP contribution is -2.12. The van der Waals surface area contributed by atoms with Crippen molar-refractivity contribution in [2.45, 2.75) is 26.8 Å². The van der Waals surface area contributed by atoms with Crippen LogP contribution in [0.5, 0.6) is 5.75 Å². The molecule has 0 spiro atoms. The van der Waals surface area contributed by atoms with Crippen molar-refractivity contribution in [1.29, 1.82) is 0 Å². The van der Waals surface area contributed by atoms with E-state index in [1.807, 2.05) is 43.3 Å². The maximum Gasteiger partial charge on any atom is 0.306 e. The van der Waals surface area contributed by atoms with E-state index in [1.54, 1.807) is 13.0 Å². The van der Waals surface area contributed by atoms with Crippen molar-refractivity contribution < 1.29 is 15.0 Å². The van der Waals surface area contributed by atoms with Gasteiger partial charge < -0.3 is 15.5 Å². The van der Waals surface area contributed by atoms with Crippen molar-refractivity contribution in [3.05, 3.63) is 59.2 Å². The third-order valence-corrected chi connectivity index (χ3v) is 3.69. The Hall–Kier alpha value is -2.49. The summed E-state index contributed by atoms with van der Waals surface area (Å²) < 4.78 is 0. The maximum absolute atomic E-state index is 10.8. The molecular weight excluding hydrogens is 278 g/mol. The fraction of sp³-hybridized carbons (Fsp3) is 0.278. The first kappa shape index (κ1) is 15.9. The number of nitrogens with one attached hydrogen (secondary N) is 1. The molecule has 0 bridgehead atoms. The van der Waals surface area contributed by atoms with Crippen LogP contribution in [0.1, 0.15) is 23.6 Å². The van der Waals surface area contributed by atoms with E-state index in [9.17, 15) is 9.90 Å². The topological polar surface area (TPSA) is 69.6 Å². The summed E-state index contributed by atoms with van der Waals surface area (Å²) in [6, 6.07) is 13.4. The Bertz CT molecular complexity index is 650. The van der Waals surface area contributed by atoms with Crippen LogP contribution in [0.3, 0.4) is 0 Å². The first-order chi connectivity index (χ1) is 10.5. The molecule has 0 aliphatic carbocycles. The molecule has 2 aromatic rings. The van der Waals surface area contributed by atoms with Gasteiger partial charge in [0.25, 0.3) is 0 Å². The van der Waals surface area contributed by atoms with E-state index in [1.165, 1.54) is 0 Å². The third kappa shape index (κ3) is 4.25. The molecule has 0 heterocycles. The molecule has 4 nitrogen and oxygen atoms in total. The van der Waals surface area contributed by atoms with E-state index in [0.717, 1.165) is 22.4 Å². The molecule has 116 valence electrons. The van der Waals surface area contributed by atoms with Gasteiger partial charge in [0, 0.05) is 12.2 Å². The van der Waals surface area contributed by atoms with Crippen LogP contribution >= 0.6 is 0 Å². The van der Waals surface area contributed by atoms with Gasteiger partial charge in [-0.05, 0) is 48.2 Å². The van der Waals surface area contributed by atoms with Crippen molar-refractivity contribution in [2.75, 3.05) is 5.32 Å². The highest BCUT2D eigenvalue weighted by molar-refractivity contribution is 5.69. The molecule has 2 rings (SSSR count). The molecule has 2 aromatic carbocycles. The number of aryl methyl sites for hydroxylation is 1. The minimum atomic E-state index is -0.776.